The van der Waals surface area contributed by atoms with E-state index in [0.717, 1.165) is 12.8 Å². The molecule has 21 heavy (non-hydrogen) atoms. The monoisotopic (exact) mass is 373 g/mol. The molecule has 1 aliphatic rings. The Kier molecular flexibility index (Phi) is 4.55. The van der Waals surface area contributed by atoms with Crippen LogP contribution in [0.2, 0.25) is 0 Å². The fraction of sp³-hybridized carbons (Fsp3) is 0.357. The van der Waals surface area contributed by atoms with Crippen LogP contribution in [0.1, 0.15) is 28.8 Å². The Bertz CT molecular complexity index is 695. The molecule has 1 saturated carbocycles. The van der Waals surface area contributed by atoms with E-state index in [1.807, 2.05) is 0 Å². The van der Waals surface area contributed by atoms with Crippen LogP contribution in [0.4, 0.5) is 0 Å². The highest BCUT2D eigenvalue weighted by atomic mass is 79.9. The standard InChI is InChI=1S/C14H16BrNO4S/c1-3-6-16(11-4-5-11)21(19,20)13-8-10(14(17)18)7-12(15)9(13)2/h3,7-8,11H,1,4-6H2,2H3,(H,17,18). The number of hydrogen-bond acceptors (Lipinski definition) is 3. The molecule has 1 N–H and O–H groups in total. The Hall–Kier alpha value is -1.18. The van der Waals surface area contributed by atoms with Crippen molar-refractivity contribution in [3.63, 3.8) is 0 Å². The molecule has 0 bridgehead atoms. The first-order chi connectivity index (χ1) is 9.78. The summed E-state index contributed by atoms with van der Waals surface area (Å²) in [6.45, 7) is 5.47. The number of benzene rings is 1. The van der Waals surface area contributed by atoms with Gasteiger partial charge in [0.05, 0.1) is 10.5 Å². The van der Waals surface area contributed by atoms with Crippen LogP contribution in [-0.4, -0.2) is 36.4 Å². The fourth-order valence-electron chi connectivity index (χ4n) is 2.10. The van der Waals surface area contributed by atoms with Crippen LogP contribution in [0.15, 0.2) is 34.2 Å². The number of halogens is 1. The highest BCUT2D eigenvalue weighted by molar-refractivity contribution is 9.10. The topological polar surface area (TPSA) is 74.7 Å². The summed E-state index contributed by atoms with van der Waals surface area (Å²) in [5, 5.41) is 9.11. The van der Waals surface area contributed by atoms with E-state index in [-0.39, 0.29) is 23.0 Å². The van der Waals surface area contributed by atoms with Gasteiger partial charge in [-0.2, -0.15) is 4.31 Å². The third-order valence-corrected chi connectivity index (χ3v) is 6.26. The van der Waals surface area contributed by atoms with Gasteiger partial charge in [-0.25, -0.2) is 13.2 Å². The molecule has 0 spiro atoms. The summed E-state index contributed by atoms with van der Waals surface area (Å²) < 4.78 is 27.5. The lowest BCUT2D eigenvalue weighted by Crippen LogP contribution is -2.33. The van der Waals surface area contributed by atoms with Crippen LogP contribution in [0.25, 0.3) is 0 Å². The summed E-state index contributed by atoms with van der Waals surface area (Å²) in [6.07, 6.45) is 3.19. The molecule has 2 rings (SSSR count). The minimum absolute atomic E-state index is 0.0142. The molecule has 5 nitrogen and oxygen atoms in total. The van der Waals surface area contributed by atoms with E-state index in [4.69, 9.17) is 5.11 Å². The maximum absolute atomic E-state index is 12.8. The second kappa shape index (κ2) is 5.90. The van der Waals surface area contributed by atoms with Crippen molar-refractivity contribution in [2.24, 2.45) is 0 Å². The van der Waals surface area contributed by atoms with Gasteiger partial charge in [0.15, 0.2) is 0 Å². The molecule has 0 heterocycles. The van der Waals surface area contributed by atoms with Gasteiger partial charge in [0, 0.05) is 17.1 Å². The zero-order valence-corrected chi connectivity index (χ0v) is 13.9. The van der Waals surface area contributed by atoms with Crippen molar-refractivity contribution < 1.29 is 18.3 Å². The van der Waals surface area contributed by atoms with Crippen molar-refractivity contribution in [3.8, 4) is 0 Å². The van der Waals surface area contributed by atoms with Gasteiger partial charge in [0.2, 0.25) is 10.0 Å². The van der Waals surface area contributed by atoms with Gasteiger partial charge in [-0.3, -0.25) is 0 Å². The van der Waals surface area contributed by atoms with Crippen molar-refractivity contribution in [1.29, 1.82) is 0 Å². The summed E-state index contributed by atoms with van der Waals surface area (Å²) in [6, 6.07) is 2.61. The smallest absolute Gasteiger partial charge is 0.335 e. The predicted octanol–water partition coefficient (Wildman–Crippen LogP) is 2.79. The SMILES string of the molecule is C=CCN(C1CC1)S(=O)(=O)c1cc(C(=O)O)cc(Br)c1C. The van der Waals surface area contributed by atoms with Crippen molar-refractivity contribution in [2.75, 3.05) is 6.54 Å². The van der Waals surface area contributed by atoms with Crippen LogP contribution in [0, 0.1) is 6.92 Å². The summed E-state index contributed by atoms with van der Waals surface area (Å²) in [5.74, 6) is -1.16. The number of carboxylic acids is 1. The normalized spacial score (nSPS) is 15.2. The number of rotatable bonds is 6. The van der Waals surface area contributed by atoms with Gasteiger partial charge in [0.1, 0.15) is 0 Å². The molecule has 1 aromatic carbocycles. The molecule has 0 aliphatic heterocycles. The number of carboxylic acid groups (broad SMARTS) is 1. The molecule has 0 atom stereocenters. The summed E-state index contributed by atoms with van der Waals surface area (Å²) in [5.41, 5.74) is 0.454. The van der Waals surface area contributed by atoms with Crippen molar-refractivity contribution in [2.45, 2.75) is 30.7 Å². The molecule has 0 radical (unpaired) electrons. The average Bonchev–Trinajstić information content (AvgIpc) is 3.22. The molecule has 114 valence electrons. The lowest BCUT2D eigenvalue weighted by molar-refractivity contribution is 0.0696. The Balaban J connectivity index is 2.57. The summed E-state index contributed by atoms with van der Waals surface area (Å²) in [4.78, 5) is 11.2. The van der Waals surface area contributed by atoms with Crippen molar-refractivity contribution in [1.82, 2.24) is 4.31 Å². The van der Waals surface area contributed by atoms with Crippen molar-refractivity contribution >= 4 is 31.9 Å². The van der Waals surface area contributed by atoms with E-state index in [2.05, 4.69) is 22.5 Å². The minimum atomic E-state index is -3.74. The molecule has 0 unspecified atom stereocenters. The van der Waals surface area contributed by atoms with E-state index in [9.17, 15) is 13.2 Å². The van der Waals surface area contributed by atoms with E-state index in [0.29, 0.717) is 10.0 Å². The predicted molar refractivity (Wildman–Crippen MR) is 82.9 cm³/mol. The molecule has 1 aromatic rings. The van der Waals surface area contributed by atoms with Crippen LogP contribution in [0.5, 0.6) is 0 Å². The third kappa shape index (κ3) is 3.20. The summed E-state index contributed by atoms with van der Waals surface area (Å²) in [7, 11) is -3.74. The summed E-state index contributed by atoms with van der Waals surface area (Å²) >= 11 is 3.23. The molecule has 7 heteroatoms. The van der Waals surface area contributed by atoms with Crippen LogP contribution < -0.4 is 0 Å². The highest BCUT2D eigenvalue weighted by Gasteiger charge is 2.38. The van der Waals surface area contributed by atoms with E-state index in [1.54, 1.807) is 13.0 Å². The number of sulfonamides is 1. The second-order valence-corrected chi connectivity index (χ2v) is 7.69. The van der Waals surface area contributed by atoms with Crippen LogP contribution in [-0.2, 0) is 10.0 Å². The van der Waals surface area contributed by atoms with E-state index < -0.39 is 16.0 Å². The maximum Gasteiger partial charge on any atom is 0.335 e. The first-order valence-electron chi connectivity index (χ1n) is 6.45. The van der Waals surface area contributed by atoms with E-state index in [1.165, 1.54) is 16.4 Å². The van der Waals surface area contributed by atoms with Gasteiger partial charge < -0.3 is 5.11 Å². The second-order valence-electron chi connectivity index (χ2n) is 4.98. The number of aromatic carboxylic acids is 1. The average molecular weight is 374 g/mol. The first kappa shape index (κ1) is 16.2. The molecular weight excluding hydrogens is 358 g/mol. The van der Waals surface area contributed by atoms with Crippen LogP contribution in [0.3, 0.4) is 0 Å². The van der Waals surface area contributed by atoms with E-state index >= 15 is 0 Å². The Labute approximate surface area is 132 Å². The molecule has 1 fully saturated rings. The van der Waals surface area contributed by atoms with Crippen LogP contribution >= 0.6 is 15.9 Å². The molecule has 0 amide bonds. The Morgan fingerprint density at radius 3 is 2.62 bits per heavy atom. The van der Waals surface area contributed by atoms with Gasteiger partial charge in [-0.1, -0.05) is 22.0 Å². The molecule has 0 saturated heterocycles. The molecular formula is C14H16BrNO4S. The maximum atomic E-state index is 12.8. The lowest BCUT2D eigenvalue weighted by Gasteiger charge is -2.22. The number of nitrogens with zero attached hydrogens (tertiary/aromatic N) is 1. The van der Waals surface area contributed by atoms with Gasteiger partial charge in [-0.15, -0.1) is 6.58 Å². The minimum Gasteiger partial charge on any atom is -0.478 e. The Morgan fingerprint density at radius 2 is 2.14 bits per heavy atom. The number of carbonyl (C=O) groups is 1. The quantitative estimate of drug-likeness (QED) is 0.777. The lowest BCUT2D eigenvalue weighted by atomic mass is 10.1. The third-order valence-electron chi connectivity index (χ3n) is 3.39. The van der Waals surface area contributed by atoms with Crippen molar-refractivity contribution in [3.05, 3.63) is 40.4 Å². The largest absolute Gasteiger partial charge is 0.478 e. The Morgan fingerprint density at radius 1 is 1.52 bits per heavy atom. The zero-order valence-electron chi connectivity index (χ0n) is 11.5. The molecule has 1 aliphatic carbocycles. The highest BCUT2D eigenvalue weighted by Crippen LogP contribution is 2.34. The zero-order chi connectivity index (χ0) is 15.8. The number of hydrogen-bond donors (Lipinski definition) is 1. The van der Waals surface area contributed by atoms with Gasteiger partial charge >= 0.3 is 5.97 Å². The van der Waals surface area contributed by atoms with Gasteiger partial charge in [-0.05, 0) is 37.5 Å². The first-order valence-corrected chi connectivity index (χ1v) is 8.68. The molecule has 0 aromatic heterocycles. The fourth-order valence-corrected chi connectivity index (χ4v) is 4.63. The van der Waals surface area contributed by atoms with Gasteiger partial charge in [0.25, 0.3) is 0 Å².